The Morgan fingerprint density at radius 1 is 1.14 bits per heavy atom. The second-order valence-corrected chi connectivity index (χ2v) is 9.19. The zero-order valence-electron chi connectivity index (χ0n) is 10.0. The summed E-state index contributed by atoms with van der Waals surface area (Å²) >= 11 is 21.9. The lowest BCUT2D eigenvalue weighted by Gasteiger charge is -2.10. The average Bonchev–Trinajstić information content (AvgIpc) is 2.78. The fraction of sp³-hybridized carbons (Fsp3) is 0.0909. The van der Waals surface area contributed by atoms with Crippen molar-refractivity contribution in [3.63, 3.8) is 0 Å². The van der Waals surface area contributed by atoms with E-state index in [0.717, 1.165) is 11.3 Å². The van der Waals surface area contributed by atoms with Crippen molar-refractivity contribution >= 4 is 77.8 Å². The topological polar surface area (TPSA) is 66.4 Å². The molecule has 1 heterocycles. The molecule has 0 saturated carbocycles. The molecular weight excluding hydrogens is 445 g/mol. The Bertz CT molecular complexity index is 792. The van der Waals surface area contributed by atoms with Crippen LogP contribution in [0.15, 0.2) is 26.9 Å². The number of benzene rings is 1. The van der Waals surface area contributed by atoms with Crippen LogP contribution in [-0.4, -0.2) is 13.5 Å². The highest BCUT2D eigenvalue weighted by atomic mass is 79.9. The molecule has 2 rings (SSSR count). The fourth-order valence-corrected chi connectivity index (χ4v) is 5.72. The van der Waals surface area contributed by atoms with Crippen LogP contribution in [0.5, 0.6) is 0 Å². The number of anilines is 1. The largest absolute Gasteiger partial charge is 0.391 e. The van der Waals surface area contributed by atoms with E-state index in [1.165, 1.54) is 18.2 Å². The van der Waals surface area contributed by atoms with Crippen LogP contribution in [0.3, 0.4) is 0 Å². The minimum absolute atomic E-state index is 0.0127. The molecule has 0 aliphatic rings. The molecule has 21 heavy (non-hydrogen) atoms. The minimum Gasteiger partial charge on any atom is -0.391 e. The van der Waals surface area contributed by atoms with Crippen molar-refractivity contribution in [2.45, 2.75) is 11.5 Å². The first kappa shape index (κ1) is 17.3. The molecule has 1 aromatic heterocycles. The number of aliphatic hydroxyl groups excluding tert-OH is 1. The molecule has 4 nitrogen and oxygen atoms in total. The van der Waals surface area contributed by atoms with Gasteiger partial charge in [0.25, 0.3) is 10.0 Å². The van der Waals surface area contributed by atoms with Gasteiger partial charge in [0.2, 0.25) is 0 Å². The Kier molecular flexibility index (Phi) is 5.46. The second-order valence-electron chi connectivity index (χ2n) is 3.86. The predicted molar refractivity (Wildman–Crippen MR) is 90.2 cm³/mol. The van der Waals surface area contributed by atoms with E-state index in [9.17, 15) is 8.42 Å². The van der Waals surface area contributed by atoms with Gasteiger partial charge in [0.05, 0.1) is 31.1 Å². The summed E-state index contributed by atoms with van der Waals surface area (Å²) in [5.74, 6) is 0. The van der Waals surface area contributed by atoms with E-state index in [4.69, 9.17) is 39.9 Å². The Balaban J connectivity index is 2.42. The SMILES string of the molecule is O=S(=O)(Nc1cc(Cl)c(Cl)cc1Cl)c1cc(CO)sc1Br. The maximum atomic E-state index is 12.3. The van der Waals surface area contributed by atoms with Gasteiger partial charge in [0.1, 0.15) is 4.90 Å². The van der Waals surface area contributed by atoms with Crippen LogP contribution in [0, 0.1) is 0 Å². The second kappa shape index (κ2) is 6.62. The third kappa shape index (κ3) is 3.85. The van der Waals surface area contributed by atoms with Crippen LogP contribution in [0.1, 0.15) is 4.88 Å². The monoisotopic (exact) mass is 449 g/mol. The Labute approximate surface area is 148 Å². The zero-order valence-corrected chi connectivity index (χ0v) is 15.5. The van der Waals surface area contributed by atoms with Crippen molar-refractivity contribution in [3.8, 4) is 0 Å². The van der Waals surface area contributed by atoms with E-state index in [0.29, 0.717) is 8.66 Å². The lowest BCUT2D eigenvalue weighted by Crippen LogP contribution is -2.13. The molecule has 1 aromatic carbocycles. The highest BCUT2D eigenvalue weighted by molar-refractivity contribution is 9.11. The molecular formula is C11H7BrCl3NO3S2. The molecule has 0 unspecified atom stereocenters. The van der Waals surface area contributed by atoms with Gasteiger partial charge in [-0.3, -0.25) is 4.72 Å². The fourth-order valence-electron chi connectivity index (χ4n) is 1.46. The number of aliphatic hydroxyl groups is 1. The molecule has 0 spiro atoms. The van der Waals surface area contributed by atoms with Crippen molar-refractivity contribution in [3.05, 3.63) is 41.9 Å². The third-order valence-corrected chi connectivity index (χ3v) is 7.04. The standard InChI is InChI=1S/C11H7BrCl3NO3S2/c12-11-10(1-5(4-17)20-11)21(18,19)16-9-3-7(14)6(13)2-8(9)15/h1-3,16-17H,4H2. The van der Waals surface area contributed by atoms with Crippen LogP contribution < -0.4 is 4.72 Å². The molecule has 114 valence electrons. The van der Waals surface area contributed by atoms with Crippen LogP contribution in [0.2, 0.25) is 15.1 Å². The van der Waals surface area contributed by atoms with Crippen molar-refractivity contribution in [2.24, 2.45) is 0 Å². The van der Waals surface area contributed by atoms with Crippen LogP contribution in [0.25, 0.3) is 0 Å². The van der Waals surface area contributed by atoms with E-state index in [1.54, 1.807) is 0 Å². The summed E-state index contributed by atoms with van der Waals surface area (Å²) in [7, 11) is -3.87. The number of nitrogens with one attached hydrogen (secondary N) is 1. The summed E-state index contributed by atoms with van der Waals surface area (Å²) in [4.78, 5) is 0.529. The summed E-state index contributed by atoms with van der Waals surface area (Å²) in [5.41, 5.74) is 0.120. The van der Waals surface area contributed by atoms with E-state index in [-0.39, 0.29) is 32.3 Å². The van der Waals surface area contributed by atoms with Gasteiger partial charge in [-0.05, 0) is 34.1 Å². The maximum absolute atomic E-state index is 12.3. The molecule has 10 heteroatoms. The van der Waals surface area contributed by atoms with Gasteiger partial charge >= 0.3 is 0 Å². The molecule has 0 saturated heterocycles. The number of halogens is 4. The molecule has 0 radical (unpaired) electrons. The van der Waals surface area contributed by atoms with E-state index >= 15 is 0 Å². The Morgan fingerprint density at radius 3 is 2.33 bits per heavy atom. The lowest BCUT2D eigenvalue weighted by atomic mass is 10.3. The number of hydrogen-bond acceptors (Lipinski definition) is 4. The van der Waals surface area contributed by atoms with Gasteiger partial charge < -0.3 is 5.11 Å². The normalized spacial score (nSPS) is 11.7. The lowest BCUT2D eigenvalue weighted by molar-refractivity contribution is 0.285. The molecule has 0 aliphatic carbocycles. The average molecular weight is 452 g/mol. The van der Waals surface area contributed by atoms with Crippen molar-refractivity contribution in [1.29, 1.82) is 0 Å². The maximum Gasteiger partial charge on any atom is 0.263 e. The summed E-state index contributed by atoms with van der Waals surface area (Å²) < 4.78 is 27.4. The Morgan fingerprint density at radius 2 is 1.76 bits per heavy atom. The van der Waals surface area contributed by atoms with Gasteiger partial charge in [-0.2, -0.15) is 0 Å². The van der Waals surface area contributed by atoms with Gasteiger partial charge in [-0.15, -0.1) is 11.3 Å². The molecule has 0 amide bonds. The van der Waals surface area contributed by atoms with Gasteiger partial charge in [-0.25, -0.2) is 8.42 Å². The number of hydrogen-bond donors (Lipinski definition) is 2. The number of sulfonamides is 1. The quantitative estimate of drug-likeness (QED) is 0.659. The van der Waals surface area contributed by atoms with E-state index < -0.39 is 10.0 Å². The summed E-state index contributed by atoms with van der Waals surface area (Å²) in [6.45, 7) is -0.244. The summed E-state index contributed by atoms with van der Waals surface area (Å²) in [6, 6.07) is 4.06. The van der Waals surface area contributed by atoms with E-state index in [2.05, 4.69) is 20.7 Å². The molecule has 0 aliphatic heterocycles. The van der Waals surface area contributed by atoms with Crippen LogP contribution in [0.4, 0.5) is 5.69 Å². The van der Waals surface area contributed by atoms with Gasteiger partial charge in [-0.1, -0.05) is 34.8 Å². The van der Waals surface area contributed by atoms with E-state index in [1.807, 2.05) is 0 Å². The highest BCUT2D eigenvalue weighted by Gasteiger charge is 2.22. The van der Waals surface area contributed by atoms with Crippen LogP contribution >= 0.6 is 62.1 Å². The molecule has 0 fully saturated rings. The van der Waals surface area contributed by atoms with Crippen molar-refractivity contribution in [2.75, 3.05) is 4.72 Å². The molecule has 2 N–H and O–H groups in total. The van der Waals surface area contributed by atoms with Gasteiger partial charge in [0.15, 0.2) is 0 Å². The predicted octanol–water partition coefficient (Wildman–Crippen LogP) is 4.76. The molecule has 0 bridgehead atoms. The first-order chi connectivity index (χ1) is 9.74. The number of thiophene rings is 1. The molecule has 0 atom stereocenters. The highest BCUT2D eigenvalue weighted by Crippen LogP contribution is 2.36. The van der Waals surface area contributed by atoms with Crippen molar-refractivity contribution in [1.82, 2.24) is 0 Å². The van der Waals surface area contributed by atoms with Crippen LogP contribution in [-0.2, 0) is 16.6 Å². The summed E-state index contributed by atoms with van der Waals surface area (Å²) in [5, 5.41) is 9.60. The van der Waals surface area contributed by atoms with Gasteiger partial charge in [0, 0.05) is 4.88 Å². The Hall–Kier alpha value is -0.0200. The smallest absolute Gasteiger partial charge is 0.263 e. The minimum atomic E-state index is -3.87. The van der Waals surface area contributed by atoms with Crippen molar-refractivity contribution < 1.29 is 13.5 Å². The first-order valence-corrected chi connectivity index (χ1v) is 9.53. The zero-order chi connectivity index (χ0) is 15.8. The first-order valence-electron chi connectivity index (χ1n) is 5.31. The summed E-state index contributed by atoms with van der Waals surface area (Å²) in [6.07, 6.45) is 0. The third-order valence-electron chi connectivity index (χ3n) is 2.41. The number of rotatable bonds is 4. The molecule has 2 aromatic rings.